The van der Waals surface area contributed by atoms with Gasteiger partial charge in [-0.15, -0.1) is 11.3 Å². The van der Waals surface area contributed by atoms with Crippen LogP contribution >= 0.6 is 23.6 Å². The Morgan fingerprint density at radius 1 is 1.60 bits per heavy atom. The maximum atomic E-state index is 5.17. The van der Waals surface area contributed by atoms with Crippen LogP contribution in [0.25, 0.3) is 0 Å². The molecule has 0 aliphatic heterocycles. The average Bonchev–Trinajstić information content (AvgIpc) is 2.76. The fourth-order valence-corrected chi connectivity index (χ4v) is 2.25. The summed E-state index contributed by atoms with van der Waals surface area (Å²) in [5.74, 6) is 0.977. The minimum atomic E-state index is 0.664. The van der Waals surface area contributed by atoms with Gasteiger partial charge in [0.2, 0.25) is 0 Å². The van der Waals surface area contributed by atoms with Gasteiger partial charge in [0.05, 0.1) is 17.2 Å². The minimum absolute atomic E-state index is 0.664. The molecular weight excluding hydrogens is 228 g/mol. The summed E-state index contributed by atoms with van der Waals surface area (Å²) in [5.41, 5.74) is 1.05. The van der Waals surface area contributed by atoms with E-state index in [1.807, 2.05) is 11.5 Å². The van der Waals surface area contributed by atoms with Crippen molar-refractivity contribution in [2.24, 2.45) is 0 Å². The maximum absolute atomic E-state index is 5.17. The SMILES string of the molecule is CCc1n[nH]c(=S)n1Cc1csc(C)n1. The Morgan fingerprint density at radius 3 is 3.00 bits per heavy atom. The van der Waals surface area contributed by atoms with Gasteiger partial charge in [-0.1, -0.05) is 6.92 Å². The summed E-state index contributed by atoms with van der Waals surface area (Å²) >= 11 is 6.82. The van der Waals surface area contributed by atoms with E-state index in [4.69, 9.17) is 12.2 Å². The Morgan fingerprint density at radius 2 is 2.40 bits per heavy atom. The number of rotatable bonds is 3. The highest BCUT2D eigenvalue weighted by molar-refractivity contribution is 7.71. The zero-order valence-electron chi connectivity index (χ0n) is 8.65. The van der Waals surface area contributed by atoms with E-state index in [0.29, 0.717) is 11.3 Å². The Balaban J connectivity index is 2.31. The fourth-order valence-electron chi connectivity index (χ4n) is 1.43. The van der Waals surface area contributed by atoms with E-state index < -0.39 is 0 Å². The first kappa shape index (κ1) is 10.5. The van der Waals surface area contributed by atoms with Crippen LogP contribution in [0.4, 0.5) is 0 Å². The molecule has 0 saturated heterocycles. The summed E-state index contributed by atoms with van der Waals surface area (Å²) in [4.78, 5) is 4.41. The van der Waals surface area contributed by atoms with Crippen molar-refractivity contribution < 1.29 is 0 Å². The molecular formula is C9H12N4S2. The van der Waals surface area contributed by atoms with E-state index in [1.54, 1.807) is 11.3 Å². The van der Waals surface area contributed by atoms with Crippen LogP contribution in [0.3, 0.4) is 0 Å². The molecule has 0 atom stereocenters. The third-order valence-corrected chi connectivity index (χ3v) is 3.27. The van der Waals surface area contributed by atoms with Crippen molar-refractivity contribution in [3.63, 3.8) is 0 Å². The minimum Gasteiger partial charge on any atom is -0.298 e. The highest BCUT2D eigenvalue weighted by Crippen LogP contribution is 2.10. The van der Waals surface area contributed by atoms with Gasteiger partial charge in [-0.3, -0.25) is 9.67 Å². The van der Waals surface area contributed by atoms with Crippen molar-refractivity contribution in [3.05, 3.63) is 26.7 Å². The van der Waals surface area contributed by atoms with Crippen molar-refractivity contribution in [2.45, 2.75) is 26.8 Å². The third-order valence-electron chi connectivity index (χ3n) is 2.14. The van der Waals surface area contributed by atoms with Crippen LogP contribution in [0, 0.1) is 11.7 Å². The number of H-pyrrole nitrogens is 1. The molecule has 6 heteroatoms. The maximum Gasteiger partial charge on any atom is 0.195 e. The highest BCUT2D eigenvalue weighted by Gasteiger charge is 2.06. The molecule has 2 heterocycles. The van der Waals surface area contributed by atoms with Gasteiger partial charge in [-0.2, -0.15) is 5.10 Å². The van der Waals surface area contributed by atoms with Gasteiger partial charge in [-0.25, -0.2) is 4.98 Å². The molecule has 0 bridgehead atoms. The van der Waals surface area contributed by atoms with Crippen molar-refractivity contribution in [3.8, 4) is 0 Å². The van der Waals surface area contributed by atoms with E-state index in [2.05, 4.69) is 27.5 Å². The van der Waals surface area contributed by atoms with Gasteiger partial charge in [0.15, 0.2) is 4.77 Å². The summed E-state index contributed by atoms with van der Waals surface area (Å²) in [6.45, 7) is 4.78. The smallest absolute Gasteiger partial charge is 0.195 e. The number of aromatic amines is 1. The Kier molecular flexibility index (Phi) is 2.97. The first-order valence-electron chi connectivity index (χ1n) is 4.75. The summed E-state index contributed by atoms with van der Waals surface area (Å²) in [6.07, 6.45) is 0.871. The zero-order chi connectivity index (χ0) is 10.8. The number of nitrogens with zero attached hydrogens (tertiary/aromatic N) is 3. The fraction of sp³-hybridized carbons (Fsp3) is 0.444. The van der Waals surface area contributed by atoms with Crippen LogP contribution in [0.15, 0.2) is 5.38 Å². The van der Waals surface area contributed by atoms with Gasteiger partial charge in [0, 0.05) is 11.8 Å². The Bertz CT molecular complexity index is 508. The predicted molar refractivity (Wildman–Crippen MR) is 62.7 cm³/mol. The first-order valence-corrected chi connectivity index (χ1v) is 6.04. The molecule has 2 rings (SSSR count). The standard InChI is InChI=1S/C9H12N4S2/c1-3-8-11-12-9(14)13(8)4-7-5-15-6(2)10-7/h5H,3-4H2,1-2H3,(H,12,14). The lowest BCUT2D eigenvalue weighted by Crippen LogP contribution is -2.04. The number of aryl methyl sites for hydroxylation is 2. The quantitative estimate of drug-likeness (QED) is 0.837. The van der Waals surface area contributed by atoms with Crippen molar-refractivity contribution in [1.29, 1.82) is 0 Å². The van der Waals surface area contributed by atoms with Crippen LogP contribution in [-0.4, -0.2) is 19.7 Å². The van der Waals surface area contributed by atoms with E-state index in [-0.39, 0.29) is 0 Å². The molecule has 0 aromatic carbocycles. The van der Waals surface area contributed by atoms with Gasteiger partial charge in [0.25, 0.3) is 0 Å². The molecule has 80 valence electrons. The van der Waals surface area contributed by atoms with Crippen LogP contribution in [0.5, 0.6) is 0 Å². The van der Waals surface area contributed by atoms with E-state index >= 15 is 0 Å². The lowest BCUT2D eigenvalue weighted by molar-refractivity contribution is 0.711. The Hall–Kier alpha value is -1.01. The van der Waals surface area contributed by atoms with E-state index in [1.165, 1.54) is 0 Å². The molecule has 0 unspecified atom stereocenters. The molecule has 4 nitrogen and oxygen atoms in total. The largest absolute Gasteiger partial charge is 0.298 e. The normalized spacial score (nSPS) is 10.8. The molecule has 15 heavy (non-hydrogen) atoms. The van der Waals surface area contributed by atoms with Gasteiger partial charge in [-0.05, 0) is 19.1 Å². The third kappa shape index (κ3) is 2.15. The van der Waals surface area contributed by atoms with Crippen molar-refractivity contribution in [2.75, 3.05) is 0 Å². The predicted octanol–water partition coefficient (Wildman–Crippen LogP) is 2.32. The number of aromatic nitrogens is 4. The van der Waals surface area contributed by atoms with Gasteiger partial charge in [0.1, 0.15) is 5.82 Å². The molecule has 0 aliphatic rings. The van der Waals surface area contributed by atoms with E-state index in [0.717, 1.165) is 22.9 Å². The van der Waals surface area contributed by atoms with Gasteiger partial charge >= 0.3 is 0 Å². The zero-order valence-corrected chi connectivity index (χ0v) is 10.3. The monoisotopic (exact) mass is 240 g/mol. The van der Waals surface area contributed by atoms with Crippen LogP contribution in [0.1, 0.15) is 23.4 Å². The molecule has 0 radical (unpaired) electrons. The number of thiazole rings is 1. The number of hydrogen-bond donors (Lipinski definition) is 1. The molecule has 2 aromatic heterocycles. The van der Waals surface area contributed by atoms with Crippen molar-refractivity contribution in [1.82, 2.24) is 19.7 Å². The second-order valence-corrected chi connectivity index (χ2v) is 4.69. The van der Waals surface area contributed by atoms with Crippen LogP contribution < -0.4 is 0 Å². The highest BCUT2D eigenvalue weighted by atomic mass is 32.1. The molecule has 2 aromatic rings. The van der Waals surface area contributed by atoms with Crippen molar-refractivity contribution >= 4 is 23.6 Å². The topological polar surface area (TPSA) is 46.5 Å². The summed E-state index contributed by atoms with van der Waals surface area (Å²) in [7, 11) is 0. The second-order valence-electron chi connectivity index (χ2n) is 3.24. The first-order chi connectivity index (χ1) is 7.20. The summed E-state index contributed by atoms with van der Waals surface area (Å²) < 4.78 is 2.65. The Labute approximate surface area is 97.0 Å². The number of hydrogen-bond acceptors (Lipinski definition) is 4. The van der Waals surface area contributed by atoms with Crippen LogP contribution in [-0.2, 0) is 13.0 Å². The number of nitrogens with one attached hydrogen (secondary N) is 1. The summed E-state index contributed by atoms with van der Waals surface area (Å²) in [6, 6.07) is 0. The molecule has 0 saturated carbocycles. The lowest BCUT2D eigenvalue weighted by atomic mass is 10.4. The molecule has 0 aliphatic carbocycles. The molecule has 0 amide bonds. The van der Waals surface area contributed by atoms with E-state index in [9.17, 15) is 0 Å². The average molecular weight is 240 g/mol. The second kappa shape index (κ2) is 4.24. The summed E-state index contributed by atoms with van der Waals surface area (Å²) in [5, 5.41) is 10.1. The van der Waals surface area contributed by atoms with Gasteiger partial charge < -0.3 is 0 Å². The molecule has 1 N–H and O–H groups in total. The lowest BCUT2D eigenvalue weighted by Gasteiger charge is -2.01. The molecule has 0 fully saturated rings. The molecule has 0 spiro atoms. The van der Waals surface area contributed by atoms with Crippen LogP contribution in [0.2, 0.25) is 0 Å².